The minimum Gasteiger partial charge on any atom is -0.361 e. The molecule has 0 saturated carbocycles. The Hall–Kier alpha value is -1.63. The number of aryl methyl sites for hydroxylation is 2. The zero-order chi connectivity index (χ0) is 14.2. The maximum absolute atomic E-state index is 12.4. The highest BCUT2D eigenvalue weighted by Gasteiger charge is 2.25. The van der Waals surface area contributed by atoms with E-state index < -0.39 is 9.84 Å². The number of aromatic nitrogens is 3. The summed E-state index contributed by atoms with van der Waals surface area (Å²) >= 11 is 0. The lowest BCUT2D eigenvalue weighted by molar-refractivity contribution is 0.392. The molecule has 0 N–H and O–H groups in total. The predicted octanol–water partition coefficient (Wildman–Crippen LogP) is 2.04. The van der Waals surface area contributed by atoms with Crippen LogP contribution in [0.1, 0.15) is 36.9 Å². The minimum absolute atomic E-state index is 0.0388. The van der Waals surface area contributed by atoms with Crippen molar-refractivity contribution in [1.29, 1.82) is 0 Å². The first-order chi connectivity index (χ1) is 8.83. The smallest absolute Gasteiger partial charge is 0.228 e. The number of hydrogen-bond donors (Lipinski definition) is 0. The highest BCUT2D eigenvalue weighted by molar-refractivity contribution is 7.90. The van der Waals surface area contributed by atoms with Crippen LogP contribution in [0.4, 0.5) is 0 Å². The van der Waals surface area contributed by atoms with Gasteiger partial charge in [-0.3, -0.25) is 0 Å². The second-order valence-electron chi connectivity index (χ2n) is 4.77. The molecular formula is C12H17N3O3S. The van der Waals surface area contributed by atoms with Gasteiger partial charge >= 0.3 is 0 Å². The standard InChI is InChI=1S/C12H17N3O3S/c1-8(2)15-6-5-13-12(15)19(16,17)7-11-9(3)14-18-10(11)4/h5-6,8H,7H2,1-4H3. The normalized spacial score (nSPS) is 12.3. The van der Waals surface area contributed by atoms with Gasteiger partial charge in [0.2, 0.25) is 15.0 Å². The van der Waals surface area contributed by atoms with Gasteiger partial charge in [-0.1, -0.05) is 5.16 Å². The van der Waals surface area contributed by atoms with Gasteiger partial charge in [0.25, 0.3) is 0 Å². The summed E-state index contributed by atoms with van der Waals surface area (Å²) in [5, 5.41) is 3.86. The molecule has 0 radical (unpaired) electrons. The van der Waals surface area contributed by atoms with Crippen molar-refractivity contribution in [3.63, 3.8) is 0 Å². The molecule has 0 unspecified atom stereocenters. The van der Waals surface area contributed by atoms with Crippen LogP contribution in [0.3, 0.4) is 0 Å². The van der Waals surface area contributed by atoms with Crippen molar-refractivity contribution in [2.24, 2.45) is 0 Å². The Morgan fingerprint density at radius 2 is 2.05 bits per heavy atom. The van der Waals surface area contributed by atoms with E-state index in [1.807, 2.05) is 13.8 Å². The molecule has 0 bridgehead atoms. The van der Waals surface area contributed by atoms with Crippen molar-refractivity contribution in [1.82, 2.24) is 14.7 Å². The number of imidazole rings is 1. The van der Waals surface area contributed by atoms with Gasteiger partial charge < -0.3 is 9.09 Å². The first kappa shape index (κ1) is 13.8. The molecule has 2 aromatic heterocycles. The van der Waals surface area contributed by atoms with E-state index in [1.54, 1.807) is 24.6 Å². The van der Waals surface area contributed by atoms with E-state index in [0.29, 0.717) is 17.0 Å². The summed E-state index contributed by atoms with van der Waals surface area (Å²) in [4.78, 5) is 3.97. The number of sulfone groups is 1. The van der Waals surface area contributed by atoms with E-state index >= 15 is 0 Å². The Bertz CT molecular complexity index is 663. The third-order valence-electron chi connectivity index (χ3n) is 2.98. The third-order valence-corrected chi connectivity index (χ3v) is 4.52. The van der Waals surface area contributed by atoms with Crippen LogP contribution in [-0.4, -0.2) is 23.1 Å². The SMILES string of the molecule is Cc1noc(C)c1CS(=O)(=O)c1nccn1C(C)C. The van der Waals surface area contributed by atoms with Crippen LogP contribution in [0.15, 0.2) is 22.1 Å². The van der Waals surface area contributed by atoms with Gasteiger partial charge in [0.1, 0.15) is 5.76 Å². The number of rotatable bonds is 4. The summed E-state index contributed by atoms with van der Waals surface area (Å²) in [6, 6.07) is 0.0388. The molecule has 7 heteroatoms. The molecule has 2 aromatic rings. The van der Waals surface area contributed by atoms with Gasteiger partial charge in [-0.25, -0.2) is 13.4 Å². The van der Waals surface area contributed by atoms with Crippen molar-refractivity contribution in [2.45, 2.75) is 44.6 Å². The van der Waals surface area contributed by atoms with Gasteiger partial charge in [0.05, 0.1) is 11.4 Å². The van der Waals surface area contributed by atoms with Gasteiger partial charge in [0.15, 0.2) is 0 Å². The molecule has 0 amide bonds. The first-order valence-electron chi connectivity index (χ1n) is 6.00. The van der Waals surface area contributed by atoms with Crippen LogP contribution < -0.4 is 0 Å². The Labute approximate surface area is 112 Å². The molecule has 0 aliphatic carbocycles. The van der Waals surface area contributed by atoms with E-state index in [0.717, 1.165) is 0 Å². The van der Waals surface area contributed by atoms with Gasteiger partial charge in [-0.15, -0.1) is 0 Å². The van der Waals surface area contributed by atoms with Gasteiger partial charge in [0, 0.05) is 24.0 Å². The van der Waals surface area contributed by atoms with Crippen LogP contribution in [0.2, 0.25) is 0 Å². The molecule has 0 saturated heterocycles. The Balaban J connectivity index is 2.41. The van der Waals surface area contributed by atoms with E-state index in [4.69, 9.17) is 4.52 Å². The first-order valence-corrected chi connectivity index (χ1v) is 7.65. The molecule has 0 aliphatic rings. The van der Waals surface area contributed by atoms with Crippen LogP contribution in [0.5, 0.6) is 0 Å². The van der Waals surface area contributed by atoms with Crippen molar-refractivity contribution < 1.29 is 12.9 Å². The summed E-state index contributed by atoms with van der Waals surface area (Å²) in [7, 11) is -3.51. The van der Waals surface area contributed by atoms with Gasteiger partial charge in [-0.05, 0) is 27.7 Å². The summed E-state index contributed by atoms with van der Waals surface area (Å²) in [6.45, 7) is 7.27. The molecule has 0 spiro atoms. The zero-order valence-corrected chi connectivity index (χ0v) is 12.2. The third kappa shape index (κ3) is 2.56. The van der Waals surface area contributed by atoms with Crippen LogP contribution in [-0.2, 0) is 15.6 Å². The van der Waals surface area contributed by atoms with Crippen molar-refractivity contribution in [2.75, 3.05) is 0 Å². The Kier molecular flexibility index (Phi) is 3.49. The average molecular weight is 283 g/mol. The molecule has 0 atom stereocenters. The van der Waals surface area contributed by atoms with Crippen molar-refractivity contribution in [3.8, 4) is 0 Å². The minimum atomic E-state index is -3.51. The summed E-state index contributed by atoms with van der Waals surface area (Å²) < 4.78 is 31.5. The molecule has 0 aliphatic heterocycles. The molecule has 19 heavy (non-hydrogen) atoms. The fourth-order valence-corrected chi connectivity index (χ4v) is 3.63. The Morgan fingerprint density at radius 1 is 1.37 bits per heavy atom. The maximum atomic E-state index is 12.4. The topological polar surface area (TPSA) is 78.0 Å². The fraction of sp³-hybridized carbons (Fsp3) is 0.500. The van der Waals surface area contributed by atoms with Crippen LogP contribution in [0, 0.1) is 13.8 Å². The molecule has 6 nitrogen and oxygen atoms in total. The molecule has 0 aromatic carbocycles. The summed E-state index contributed by atoms with van der Waals surface area (Å²) in [5.74, 6) is 0.390. The lowest BCUT2D eigenvalue weighted by Gasteiger charge is -2.11. The molecule has 2 rings (SSSR count). The van der Waals surface area contributed by atoms with Gasteiger partial charge in [-0.2, -0.15) is 0 Å². The molecule has 0 fully saturated rings. The second kappa shape index (κ2) is 4.80. The maximum Gasteiger partial charge on any atom is 0.228 e. The quantitative estimate of drug-likeness (QED) is 0.858. The predicted molar refractivity (Wildman–Crippen MR) is 69.5 cm³/mol. The highest BCUT2D eigenvalue weighted by Crippen LogP contribution is 2.21. The van der Waals surface area contributed by atoms with Crippen molar-refractivity contribution >= 4 is 9.84 Å². The largest absolute Gasteiger partial charge is 0.361 e. The molecular weight excluding hydrogens is 266 g/mol. The average Bonchev–Trinajstić information content (AvgIpc) is 2.91. The molecule has 104 valence electrons. The van der Waals surface area contributed by atoms with Crippen molar-refractivity contribution in [3.05, 3.63) is 29.4 Å². The van der Waals surface area contributed by atoms with E-state index in [1.165, 1.54) is 6.20 Å². The monoisotopic (exact) mass is 283 g/mol. The lowest BCUT2D eigenvalue weighted by atomic mass is 10.2. The fourth-order valence-electron chi connectivity index (χ4n) is 1.90. The zero-order valence-electron chi connectivity index (χ0n) is 11.4. The number of hydrogen-bond acceptors (Lipinski definition) is 5. The highest BCUT2D eigenvalue weighted by atomic mass is 32.2. The van der Waals surface area contributed by atoms with Crippen LogP contribution >= 0.6 is 0 Å². The lowest BCUT2D eigenvalue weighted by Crippen LogP contribution is -2.14. The number of nitrogens with zero attached hydrogens (tertiary/aromatic N) is 3. The van der Waals surface area contributed by atoms with Crippen LogP contribution in [0.25, 0.3) is 0 Å². The summed E-state index contributed by atoms with van der Waals surface area (Å²) in [5.41, 5.74) is 1.21. The second-order valence-corrected chi connectivity index (χ2v) is 6.66. The molecule has 2 heterocycles. The Morgan fingerprint density at radius 3 is 2.58 bits per heavy atom. The van der Waals surface area contributed by atoms with E-state index in [9.17, 15) is 8.42 Å². The summed E-state index contributed by atoms with van der Waals surface area (Å²) in [6.07, 6.45) is 3.17. The van der Waals surface area contributed by atoms with E-state index in [2.05, 4.69) is 10.1 Å². The van der Waals surface area contributed by atoms with E-state index in [-0.39, 0.29) is 17.0 Å².